The molecule has 0 spiro atoms. The van der Waals surface area contributed by atoms with E-state index < -0.39 is 24.6 Å². The number of carbonyl (C=O) groups excluding carboxylic acids is 2. The van der Waals surface area contributed by atoms with Crippen molar-refractivity contribution in [3.8, 4) is 0 Å². The lowest BCUT2D eigenvalue weighted by atomic mass is 10.2. The number of anilines is 1. The molecule has 0 saturated carbocycles. The van der Waals surface area contributed by atoms with Gasteiger partial charge in [0.05, 0.1) is 12.7 Å². The first-order valence-corrected chi connectivity index (χ1v) is 9.07. The highest BCUT2D eigenvalue weighted by atomic mass is 32.2. The number of aromatic nitrogens is 1. The summed E-state index contributed by atoms with van der Waals surface area (Å²) in [6, 6.07) is 9.05. The summed E-state index contributed by atoms with van der Waals surface area (Å²) >= 11 is 2.30. The smallest absolute Gasteiger partial charge is 0.320 e. The van der Waals surface area contributed by atoms with Gasteiger partial charge < -0.3 is 21.3 Å². The summed E-state index contributed by atoms with van der Waals surface area (Å²) in [6.45, 7) is -0.587. The zero-order chi connectivity index (χ0) is 18.2. The quantitative estimate of drug-likeness (QED) is 0.432. The number of carbonyl (C=O) groups is 2. The number of amides is 3. The number of benzene rings is 1. The van der Waals surface area contributed by atoms with Gasteiger partial charge in [-0.15, -0.1) is 0 Å². The minimum atomic E-state index is -1.06. The van der Waals surface area contributed by atoms with Crippen molar-refractivity contribution < 1.29 is 19.8 Å². The molecule has 6 N–H and O–H groups in total. The van der Waals surface area contributed by atoms with Gasteiger partial charge in [0.2, 0.25) is 0 Å². The van der Waals surface area contributed by atoms with E-state index >= 15 is 0 Å². The van der Waals surface area contributed by atoms with Crippen molar-refractivity contribution in [3.63, 3.8) is 0 Å². The highest BCUT2D eigenvalue weighted by Crippen LogP contribution is 2.33. The standard InChI is InChI=1S/C15H18N4O4S2/c16-12(22)11-13(18-15(23)17-6-10(21)7-20)25-19-14(11)24-8-9-4-2-1-3-5-9/h1-5,10,20-21H,6-8H2,(H2,16,22)(H2,17,18,23). The van der Waals surface area contributed by atoms with E-state index in [4.69, 9.17) is 10.8 Å². The molecule has 0 bridgehead atoms. The van der Waals surface area contributed by atoms with Crippen molar-refractivity contribution in [2.75, 3.05) is 18.5 Å². The lowest BCUT2D eigenvalue weighted by molar-refractivity contribution is 0.0964. The third kappa shape index (κ3) is 5.71. The molecule has 0 aliphatic carbocycles. The second kappa shape index (κ2) is 9.37. The third-order valence-corrected chi connectivity index (χ3v) is 4.99. The number of nitrogens with two attached hydrogens (primary N) is 1. The van der Waals surface area contributed by atoms with E-state index in [1.165, 1.54) is 11.8 Å². The minimum absolute atomic E-state index is 0.122. The van der Waals surface area contributed by atoms with Gasteiger partial charge in [0.1, 0.15) is 15.6 Å². The fourth-order valence-electron chi connectivity index (χ4n) is 1.82. The van der Waals surface area contributed by atoms with Crippen LogP contribution >= 0.6 is 23.3 Å². The van der Waals surface area contributed by atoms with Crippen molar-refractivity contribution in [2.24, 2.45) is 5.73 Å². The summed E-state index contributed by atoms with van der Waals surface area (Å²) in [4.78, 5) is 23.5. The number of aliphatic hydroxyl groups is 2. The second-order valence-corrected chi connectivity index (χ2v) is 6.74. The van der Waals surface area contributed by atoms with Crippen LogP contribution in [0.3, 0.4) is 0 Å². The Bertz CT molecular complexity index is 724. The zero-order valence-electron chi connectivity index (χ0n) is 13.1. The fourth-order valence-corrected chi connectivity index (χ4v) is 3.75. The second-order valence-electron chi connectivity index (χ2n) is 5.00. The monoisotopic (exact) mass is 382 g/mol. The highest BCUT2D eigenvalue weighted by molar-refractivity contribution is 7.98. The van der Waals surface area contributed by atoms with E-state index in [0.29, 0.717) is 10.8 Å². The lowest BCUT2D eigenvalue weighted by Crippen LogP contribution is -2.36. The first-order valence-electron chi connectivity index (χ1n) is 7.31. The van der Waals surface area contributed by atoms with Crippen LogP contribution in [-0.2, 0) is 5.75 Å². The van der Waals surface area contributed by atoms with Gasteiger partial charge in [0.25, 0.3) is 5.91 Å². The normalized spacial score (nSPS) is 11.8. The summed E-state index contributed by atoms with van der Waals surface area (Å²) in [6.07, 6.45) is -1.06. The molecular weight excluding hydrogens is 364 g/mol. The van der Waals surface area contributed by atoms with Gasteiger partial charge in [-0.2, -0.15) is 4.37 Å². The molecule has 25 heavy (non-hydrogen) atoms. The minimum Gasteiger partial charge on any atom is -0.394 e. The highest BCUT2D eigenvalue weighted by Gasteiger charge is 2.21. The van der Waals surface area contributed by atoms with E-state index in [0.717, 1.165) is 17.1 Å². The number of urea groups is 1. The molecule has 1 aromatic carbocycles. The van der Waals surface area contributed by atoms with Crippen molar-refractivity contribution in [2.45, 2.75) is 16.9 Å². The van der Waals surface area contributed by atoms with E-state index in [1.54, 1.807) is 0 Å². The van der Waals surface area contributed by atoms with Crippen molar-refractivity contribution >= 4 is 40.2 Å². The first kappa shape index (κ1) is 19.2. The Morgan fingerprint density at radius 1 is 1.32 bits per heavy atom. The third-order valence-electron chi connectivity index (χ3n) is 3.06. The van der Waals surface area contributed by atoms with Crippen molar-refractivity contribution in [1.82, 2.24) is 9.69 Å². The van der Waals surface area contributed by atoms with Gasteiger partial charge in [-0.05, 0) is 17.1 Å². The van der Waals surface area contributed by atoms with E-state index in [2.05, 4.69) is 15.0 Å². The summed E-state index contributed by atoms with van der Waals surface area (Å²) in [5.74, 6) is -0.0749. The molecular formula is C15H18N4O4S2. The van der Waals surface area contributed by atoms with Gasteiger partial charge in [-0.3, -0.25) is 10.1 Å². The van der Waals surface area contributed by atoms with Gasteiger partial charge in [0, 0.05) is 12.3 Å². The Morgan fingerprint density at radius 2 is 2.04 bits per heavy atom. The van der Waals surface area contributed by atoms with Gasteiger partial charge in [0.15, 0.2) is 0 Å². The lowest BCUT2D eigenvalue weighted by Gasteiger charge is -2.09. The SMILES string of the molecule is NC(=O)c1c(SCc2ccccc2)nsc1NC(=O)NCC(O)CO. The summed E-state index contributed by atoms with van der Waals surface area (Å²) < 4.78 is 4.19. The number of aliphatic hydroxyl groups excluding tert-OH is 2. The van der Waals surface area contributed by atoms with E-state index in [9.17, 15) is 14.7 Å². The van der Waals surface area contributed by atoms with Crippen LogP contribution in [0.15, 0.2) is 35.4 Å². The molecule has 2 rings (SSSR count). The van der Waals surface area contributed by atoms with Crippen LogP contribution < -0.4 is 16.4 Å². The predicted molar refractivity (Wildman–Crippen MR) is 96.7 cm³/mol. The maximum absolute atomic E-state index is 11.8. The number of nitrogens with zero attached hydrogens (tertiary/aromatic N) is 1. The molecule has 1 aromatic heterocycles. The molecule has 10 heteroatoms. The molecule has 0 aliphatic rings. The molecule has 1 unspecified atom stereocenters. The molecule has 1 heterocycles. The molecule has 0 fully saturated rings. The van der Waals surface area contributed by atoms with Crippen LogP contribution in [0.2, 0.25) is 0 Å². The first-order chi connectivity index (χ1) is 12.0. The topological polar surface area (TPSA) is 138 Å². The number of hydrogen-bond acceptors (Lipinski definition) is 7. The average Bonchev–Trinajstić information content (AvgIpc) is 3.01. The van der Waals surface area contributed by atoms with E-state index in [-0.39, 0.29) is 17.1 Å². The Morgan fingerprint density at radius 3 is 2.68 bits per heavy atom. The summed E-state index contributed by atoms with van der Waals surface area (Å²) in [5, 5.41) is 23.5. The van der Waals surface area contributed by atoms with Crippen LogP contribution in [0, 0.1) is 0 Å². The summed E-state index contributed by atoms with van der Waals surface area (Å²) in [7, 11) is 0. The maximum Gasteiger partial charge on any atom is 0.320 e. The molecule has 1 atom stereocenters. The maximum atomic E-state index is 11.8. The van der Waals surface area contributed by atoms with E-state index in [1.807, 2.05) is 30.3 Å². The zero-order valence-corrected chi connectivity index (χ0v) is 14.8. The van der Waals surface area contributed by atoms with Crippen LogP contribution in [0.25, 0.3) is 0 Å². The van der Waals surface area contributed by atoms with Crippen LogP contribution in [0.4, 0.5) is 9.80 Å². The van der Waals surface area contributed by atoms with Crippen LogP contribution in [0.5, 0.6) is 0 Å². The fraction of sp³-hybridized carbons (Fsp3) is 0.267. The molecule has 0 saturated heterocycles. The Labute approximate surface area is 152 Å². The Kier molecular flexibility index (Phi) is 7.19. The number of primary amides is 1. The molecule has 3 amide bonds. The molecule has 0 aliphatic heterocycles. The van der Waals surface area contributed by atoms with Crippen molar-refractivity contribution in [1.29, 1.82) is 0 Å². The van der Waals surface area contributed by atoms with Gasteiger partial charge >= 0.3 is 6.03 Å². The van der Waals surface area contributed by atoms with Crippen molar-refractivity contribution in [3.05, 3.63) is 41.5 Å². The summed E-state index contributed by atoms with van der Waals surface area (Å²) in [5.41, 5.74) is 6.64. The average molecular weight is 382 g/mol. The number of hydrogen-bond donors (Lipinski definition) is 5. The molecule has 0 radical (unpaired) electrons. The number of thioether (sulfide) groups is 1. The van der Waals surface area contributed by atoms with Crippen LogP contribution in [0.1, 0.15) is 15.9 Å². The number of rotatable bonds is 8. The Balaban J connectivity index is 2.03. The van der Waals surface area contributed by atoms with Gasteiger partial charge in [-0.1, -0.05) is 42.1 Å². The van der Waals surface area contributed by atoms with Crippen LogP contribution in [-0.4, -0.2) is 45.8 Å². The Hall–Kier alpha value is -2.14. The largest absolute Gasteiger partial charge is 0.394 e. The molecule has 8 nitrogen and oxygen atoms in total. The van der Waals surface area contributed by atoms with Gasteiger partial charge in [-0.25, -0.2) is 4.79 Å². The molecule has 134 valence electrons. The molecule has 2 aromatic rings. The predicted octanol–water partition coefficient (Wildman–Crippen LogP) is 1.01. The number of nitrogens with one attached hydrogen (secondary N) is 2.